The third-order valence-electron chi connectivity index (χ3n) is 3.74. The van der Waals surface area contributed by atoms with Crippen molar-refractivity contribution in [2.24, 2.45) is 5.92 Å². The molecule has 8 heteroatoms. The summed E-state index contributed by atoms with van der Waals surface area (Å²) in [5, 5.41) is 0. The highest BCUT2D eigenvalue weighted by molar-refractivity contribution is 7.90. The van der Waals surface area contributed by atoms with Crippen LogP contribution >= 0.6 is 0 Å². The number of hydrogen-bond donors (Lipinski definition) is 1. The minimum atomic E-state index is -5.56. The number of carbonyl (C=O) groups excluding carboxylic acids is 1. The molecule has 0 fully saturated rings. The zero-order valence-corrected chi connectivity index (χ0v) is 15.4. The molecule has 0 aliphatic heterocycles. The number of halogens is 3. The zero-order chi connectivity index (χ0) is 18.6. The van der Waals surface area contributed by atoms with Crippen molar-refractivity contribution in [1.82, 2.24) is 4.72 Å². The normalized spacial score (nSPS) is 12.6. The molecule has 0 saturated heterocycles. The highest BCUT2D eigenvalue weighted by Crippen LogP contribution is 2.21. The smallest absolute Gasteiger partial charge is 0.274 e. The van der Waals surface area contributed by atoms with Crippen LogP contribution in [0.1, 0.15) is 84.5 Å². The van der Waals surface area contributed by atoms with Crippen molar-refractivity contribution in [3.05, 3.63) is 0 Å². The Kier molecular flexibility index (Phi) is 11.3. The second-order valence-electron chi connectivity index (χ2n) is 6.59. The van der Waals surface area contributed by atoms with Crippen molar-refractivity contribution in [3.8, 4) is 0 Å². The zero-order valence-electron chi connectivity index (χ0n) is 14.6. The predicted octanol–water partition coefficient (Wildman–Crippen LogP) is 4.90. The van der Waals surface area contributed by atoms with Crippen LogP contribution < -0.4 is 4.72 Å². The summed E-state index contributed by atoms with van der Waals surface area (Å²) in [6, 6.07) is 0. The van der Waals surface area contributed by atoms with Crippen molar-refractivity contribution < 1.29 is 26.4 Å². The number of alkyl halides is 3. The van der Waals surface area contributed by atoms with Gasteiger partial charge in [0.05, 0.1) is 0 Å². The van der Waals surface area contributed by atoms with Gasteiger partial charge >= 0.3 is 15.5 Å². The number of rotatable bonds is 13. The van der Waals surface area contributed by atoms with Gasteiger partial charge in [-0.2, -0.15) is 21.6 Å². The fourth-order valence-electron chi connectivity index (χ4n) is 2.33. The van der Waals surface area contributed by atoms with Gasteiger partial charge in [0.2, 0.25) is 5.91 Å². The monoisotopic (exact) mass is 373 g/mol. The Balaban J connectivity index is 3.53. The highest BCUT2D eigenvalue weighted by Gasteiger charge is 2.46. The molecule has 0 radical (unpaired) electrons. The minimum absolute atomic E-state index is 0.204. The Morgan fingerprint density at radius 1 is 0.875 bits per heavy atom. The number of unbranched alkanes of at least 4 members (excludes halogenated alkanes) is 8. The first kappa shape index (κ1) is 23.2. The SMILES string of the molecule is CC(C)CCCCCCCCCCCC(=O)NS(=O)(=O)C(F)(F)F. The molecule has 0 unspecified atom stereocenters. The summed E-state index contributed by atoms with van der Waals surface area (Å²) in [4.78, 5) is 11.2. The molecule has 0 saturated carbocycles. The quantitative estimate of drug-likeness (QED) is 0.467. The fourth-order valence-corrected chi connectivity index (χ4v) is 2.85. The molecular weight excluding hydrogens is 343 g/mol. The van der Waals surface area contributed by atoms with E-state index in [0.717, 1.165) is 29.9 Å². The number of nitrogens with one attached hydrogen (secondary N) is 1. The van der Waals surface area contributed by atoms with E-state index in [4.69, 9.17) is 0 Å². The summed E-state index contributed by atoms with van der Waals surface area (Å²) in [5.41, 5.74) is -5.45. The van der Waals surface area contributed by atoms with Crippen LogP contribution in [-0.2, 0) is 14.8 Å². The molecule has 0 aliphatic carbocycles. The fraction of sp³-hybridized carbons (Fsp3) is 0.938. The molecule has 144 valence electrons. The van der Waals surface area contributed by atoms with Crippen LogP contribution in [-0.4, -0.2) is 19.8 Å². The van der Waals surface area contributed by atoms with Gasteiger partial charge in [-0.15, -0.1) is 0 Å². The molecule has 0 atom stereocenters. The van der Waals surface area contributed by atoms with Gasteiger partial charge in [-0.1, -0.05) is 71.6 Å². The lowest BCUT2D eigenvalue weighted by molar-refractivity contribution is -0.120. The largest absolute Gasteiger partial charge is 0.516 e. The first-order valence-corrected chi connectivity index (χ1v) is 10.2. The van der Waals surface area contributed by atoms with E-state index in [9.17, 15) is 26.4 Å². The topological polar surface area (TPSA) is 63.2 Å². The van der Waals surface area contributed by atoms with Crippen LogP contribution in [0.2, 0.25) is 0 Å². The number of carbonyl (C=O) groups is 1. The van der Waals surface area contributed by atoms with Crippen LogP contribution in [0.4, 0.5) is 13.2 Å². The summed E-state index contributed by atoms with van der Waals surface area (Å²) in [7, 11) is -5.56. The Morgan fingerprint density at radius 2 is 1.29 bits per heavy atom. The number of sulfonamides is 1. The summed E-state index contributed by atoms with van der Waals surface area (Å²) in [6.07, 6.45) is 10.2. The summed E-state index contributed by atoms with van der Waals surface area (Å²) in [6.45, 7) is 4.44. The van der Waals surface area contributed by atoms with E-state index in [2.05, 4.69) is 13.8 Å². The first-order chi connectivity index (χ1) is 11.1. The molecule has 1 N–H and O–H groups in total. The molecule has 0 spiro atoms. The molecule has 0 aromatic rings. The first-order valence-electron chi connectivity index (χ1n) is 8.68. The van der Waals surface area contributed by atoms with Crippen LogP contribution in [0.15, 0.2) is 0 Å². The number of amides is 1. The van der Waals surface area contributed by atoms with E-state index in [1.165, 1.54) is 32.1 Å². The standard InChI is InChI=1S/C16H30F3NO3S/c1-14(2)12-10-8-6-4-3-5-7-9-11-13-15(21)20-24(22,23)16(17,18)19/h14H,3-13H2,1-2H3,(H,20,21). The lowest BCUT2D eigenvalue weighted by Crippen LogP contribution is -2.40. The summed E-state index contributed by atoms with van der Waals surface area (Å²) >= 11 is 0. The molecule has 0 aliphatic rings. The van der Waals surface area contributed by atoms with Gasteiger partial charge in [0.25, 0.3) is 0 Å². The second kappa shape index (κ2) is 11.7. The molecule has 1 amide bonds. The van der Waals surface area contributed by atoms with E-state index in [1.54, 1.807) is 0 Å². The van der Waals surface area contributed by atoms with E-state index < -0.39 is 21.4 Å². The third-order valence-corrected chi connectivity index (χ3v) is 4.84. The lowest BCUT2D eigenvalue weighted by atomic mass is 10.0. The van der Waals surface area contributed by atoms with Crippen molar-refractivity contribution in [1.29, 1.82) is 0 Å². The van der Waals surface area contributed by atoms with Crippen LogP contribution in [0.25, 0.3) is 0 Å². The third kappa shape index (κ3) is 11.7. The van der Waals surface area contributed by atoms with Gasteiger partial charge in [0.15, 0.2) is 0 Å². The molecule has 0 aromatic heterocycles. The van der Waals surface area contributed by atoms with E-state index in [-0.39, 0.29) is 6.42 Å². The van der Waals surface area contributed by atoms with E-state index in [0.29, 0.717) is 12.8 Å². The van der Waals surface area contributed by atoms with Gasteiger partial charge in [0.1, 0.15) is 0 Å². The van der Waals surface area contributed by atoms with Crippen LogP contribution in [0.5, 0.6) is 0 Å². The van der Waals surface area contributed by atoms with Crippen molar-refractivity contribution in [3.63, 3.8) is 0 Å². The molecule has 4 nitrogen and oxygen atoms in total. The van der Waals surface area contributed by atoms with Gasteiger partial charge in [0, 0.05) is 6.42 Å². The Hall–Kier alpha value is -0.790. The van der Waals surface area contributed by atoms with Crippen molar-refractivity contribution in [2.45, 2.75) is 90.0 Å². The Morgan fingerprint density at radius 3 is 1.71 bits per heavy atom. The molecule has 0 heterocycles. The average molecular weight is 373 g/mol. The highest BCUT2D eigenvalue weighted by atomic mass is 32.2. The molecule has 0 rings (SSSR count). The number of hydrogen-bond acceptors (Lipinski definition) is 3. The molecule has 24 heavy (non-hydrogen) atoms. The van der Waals surface area contributed by atoms with Gasteiger partial charge in [-0.3, -0.25) is 4.79 Å². The maximum Gasteiger partial charge on any atom is 0.516 e. The van der Waals surface area contributed by atoms with Crippen molar-refractivity contribution in [2.75, 3.05) is 0 Å². The average Bonchev–Trinajstić information content (AvgIpc) is 2.42. The van der Waals surface area contributed by atoms with E-state index in [1.807, 2.05) is 0 Å². The van der Waals surface area contributed by atoms with Crippen molar-refractivity contribution >= 4 is 15.9 Å². The lowest BCUT2D eigenvalue weighted by Gasteiger charge is -2.09. The van der Waals surface area contributed by atoms with Crippen LogP contribution in [0.3, 0.4) is 0 Å². The summed E-state index contributed by atoms with van der Waals surface area (Å²) in [5.74, 6) is -0.342. The van der Waals surface area contributed by atoms with Gasteiger partial charge in [-0.25, -0.2) is 4.72 Å². The van der Waals surface area contributed by atoms with Gasteiger partial charge in [-0.05, 0) is 12.3 Å². The predicted molar refractivity (Wildman–Crippen MR) is 88.7 cm³/mol. The molecule has 0 bridgehead atoms. The summed E-state index contributed by atoms with van der Waals surface area (Å²) < 4.78 is 58.7. The maximum absolute atomic E-state index is 12.1. The maximum atomic E-state index is 12.1. The Labute approximate surface area is 143 Å². The van der Waals surface area contributed by atoms with Crippen LogP contribution in [0, 0.1) is 5.92 Å². The van der Waals surface area contributed by atoms with E-state index >= 15 is 0 Å². The van der Waals surface area contributed by atoms with Gasteiger partial charge < -0.3 is 0 Å². The minimum Gasteiger partial charge on any atom is -0.274 e. The second-order valence-corrected chi connectivity index (χ2v) is 8.26. The molecular formula is C16H30F3NO3S. The Bertz CT molecular complexity index is 448. The molecule has 0 aromatic carbocycles.